The van der Waals surface area contributed by atoms with Crippen molar-refractivity contribution in [1.29, 1.82) is 0 Å². The van der Waals surface area contributed by atoms with E-state index in [1.54, 1.807) is 12.1 Å². The summed E-state index contributed by atoms with van der Waals surface area (Å²) in [7, 11) is 0. The number of amides is 2. The van der Waals surface area contributed by atoms with Crippen LogP contribution in [0.2, 0.25) is 0 Å². The average molecular weight is 376 g/mol. The van der Waals surface area contributed by atoms with E-state index >= 15 is 0 Å². The SMILES string of the molecule is CC(=O)N1CCc2ccccc2[C@@H]1C(=O)NCc1cccc(C(F)(F)F)c1. The molecule has 1 atom stereocenters. The van der Waals surface area contributed by atoms with E-state index in [0.717, 1.165) is 23.3 Å². The zero-order valence-corrected chi connectivity index (χ0v) is 14.7. The number of rotatable bonds is 3. The van der Waals surface area contributed by atoms with E-state index in [4.69, 9.17) is 0 Å². The number of hydrogen-bond donors (Lipinski definition) is 1. The highest BCUT2D eigenvalue weighted by atomic mass is 19.4. The van der Waals surface area contributed by atoms with Gasteiger partial charge in [0.1, 0.15) is 6.04 Å². The molecule has 0 radical (unpaired) electrons. The van der Waals surface area contributed by atoms with Gasteiger partial charge < -0.3 is 10.2 Å². The van der Waals surface area contributed by atoms with Gasteiger partial charge in [-0.3, -0.25) is 9.59 Å². The van der Waals surface area contributed by atoms with E-state index in [1.165, 1.54) is 24.0 Å². The Kier molecular flexibility index (Phi) is 5.21. The number of alkyl halides is 3. The lowest BCUT2D eigenvalue weighted by molar-refractivity contribution is -0.140. The summed E-state index contributed by atoms with van der Waals surface area (Å²) in [5, 5.41) is 2.67. The van der Waals surface area contributed by atoms with Crippen LogP contribution in [-0.4, -0.2) is 23.3 Å². The summed E-state index contributed by atoms with van der Waals surface area (Å²) in [6.07, 6.45) is -3.78. The van der Waals surface area contributed by atoms with E-state index in [1.807, 2.05) is 12.1 Å². The molecule has 0 aliphatic carbocycles. The summed E-state index contributed by atoms with van der Waals surface area (Å²) in [4.78, 5) is 26.3. The average Bonchev–Trinajstić information content (AvgIpc) is 2.64. The number of nitrogens with zero attached hydrogens (tertiary/aromatic N) is 1. The Morgan fingerprint density at radius 1 is 1.15 bits per heavy atom. The summed E-state index contributed by atoms with van der Waals surface area (Å²) >= 11 is 0. The van der Waals surface area contributed by atoms with Gasteiger partial charge >= 0.3 is 6.18 Å². The highest BCUT2D eigenvalue weighted by Crippen LogP contribution is 2.31. The molecule has 7 heteroatoms. The Hall–Kier alpha value is -2.83. The molecular weight excluding hydrogens is 357 g/mol. The maximum atomic E-state index is 12.8. The zero-order chi connectivity index (χ0) is 19.6. The minimum absolute atomic E-state index is 0.0484. The van der Waals surface area contributed by atoms with E-state index in [0.29, 0.717) is 18.5 Å². The van der Waals surface area contributed by atoms with Crippen molar-refractivity contribution in [2.24, 2.45) is 0 Å². The number of hydrogen-bond acceptors (Lipinski definition) is 2. The molecular formula is C20H19F3N2O2. The molecule has 0 bridgehead atoms. The quantitative estimate of drug-likeness (QED) is 0.892. The van der Waals surface area contributed by atoms with E-state index < -0.39 is 23.7 Å². The Morgan fingerprint density at radius 3 is 2.59 bits per heavy atom. The molecule has 1 heterocycles. The first-order valence-electron chi connectivity index (χ1n) is 8.56. The third-order valence-electron chi connectivity index (χ3n) is 4.66. The lowest BCUT2D eigenvalue weighted by Gasteiger charge is -2.35. The normalized spacial score (nSPS) is 16.6. The van der Waals surface area contributed by atoms with E-state index in [2.05, 4.69) is 5.32 Å². The minimum atomic E-state index is -4.44. The molecule has 0 aromatic heterocycles. The van der Waals surface area contributed by atoms with Crippen LogP contribution in [0.25, 0.3) is 0 Å². The topological polar surface area (TPSA) is 49.4 Å². The number of carbonyl (C=O) groups is 2. The van der Waals surface area contributed by atoms with Gasteiger partial charge in [0, 0.05) is 20.0 Å². The smallest absolute Gasteiger partial charge is 0.350 e. The fraction of sp³-hybridized carbons (Fsp3) is 0.300. The van der Waals surface area contributed by atoms with Crippen molar-refractivity contribution in [2.75, 3.05) is 6.54 Å². The van der Waals surface area contributed by atoms with Gasteiger partial charge in [0.25, 0.3) is 0 Å². The molecule has 0 fully saturated rings. The molecule has 2 aromatic rings. The Labute approximate surface area is 155 Å². The van der Waals surface area contributed by atoms with Gasteiger partial charge in [-0.1, -0.05) is 36.4 Å². The van der Waals surface area contributed by atoms with Crippen LogP contribution < -0.4 is 5.32 Å². The highest BCUT2D eigenvalue weighted by Gasteiger charge is 2.34. The molecule has 2 aromatic carbocycles. The van der Waals surface area contributed by atoms with E-state index in [-0.39, 0.29) is 12.5 Å². The van der Waals surface area contributed by atoms with Crippen LogP contribution in [0.1, 0.15) is 35.2 Å². The van der Waals surface area contributed by atoms with Gasteiger partial charge in [-0.25, -0.2) is 0 Å². The molecule has 1 N–H and O–H groups in total. The third-order valence-corrected chi connectivity index (χ3v) is 4.66. The summed E-state index contributed by atoms with van der Waals surface area (Å²) < 4.78 is 38.5. The number of fused-ring (bicyclic) bond motifs is 1. The van der Waals surface area contributed by atoms with Crippen LogP contribution in [0, 0.1) is 0 Å². The van der Waals surface area contributed by atoms with Gasteiger partial charge in [0.15, 0.2) is 0 Å². The van der Waals surface area contributed by atoms with Crippen molar-refractivity contribution in [1.82, 2.24) is 10.2 Å². The van der Waals surface area contributed by atoms with Crippen LogP contribution in [0.4, 0.5) is 13.2 Å². The van der Waals surface area contributed by atoms with Gasteiger partial charge in [-0.15, -0.1) is 0 Å². The summed E-state index contributed by atoms with van der Waals surface area (Å²) in [6.45, 7) is 1.78. The molecule has 4 nitrogen and oxygen atoms in total. The number of halogens is 3. The van der Waals surface area contributed by atoms with Gasteiger partial charge in [0.05, 0.1) is 5.56 Å². The van der Waals surface area contributed by atoms with Gasteiger partial charge in [-0.2, -0.15) is 13.2 Å². The third kappa shape index (κ3) is 4.13. The standard InChI is InChI=1S/C20H19F3N2O2/c1-13(26)25-10-9-15-6-2-3-8-17(15)18(25)19(27)24-12-14-5-4-7-16(11-14)20(21,22)23/h2-8,11,18H,9-10,12H2,1H3,(H,24,27)/t18-/m1/s1. The fourth-order valence-electron chi connectivity index (χ4n) is 3.33. The predicted octanol–water partition coefficient (Wildman–Crippen LogP) is 3.47. The van der Waals surface area contributed by atoms with Crippen LogP contribution in [0.3, 0.4) is 0 Å². The summed E-state index contributed by atoms with van der Waals surface area (Å²) in [5.41, 5.74) is 1.33. The Bertz CT molecular complexity index is 864. The first-order valence-corrected chi connectivity index (χ1v) is 8.56. The first kappa shape index (κ1) is 18.9. The van der Waals surface area contributed by atoms with Crippen molar-refractivity contribution >= 4 is 11.8 Å². The zero-order valence-electron chi connectivity index (χ0n) is 14.7. The predicted molar refractivity (Wildman–Crippen MR) is 93.6 cm³/mol. The van der Waals surface area contributed by atoms with Crippen molar-refractivity contribution in [3.8, 4) is 0 Å². The van der Waals surface area contributed by atoms with Crippen LogP contribution in [-0.2, 0) is 28.7 Å². The Morgan fingerprint density at radius 2 is 1.89 bits per heavy atom. The number of carbonyl (C=O) groups excluding carboxylic acids is 2. The maximum absolute atomic E-state index is 12.8. The van der Waals surface area contributed by atoms with Crippen LogP contribution in [0.5, 0.6) is 0 Å². The second-order valence-electron chi connectivity index (χ2n) is 6.48. The lowest BCUT2D eigenvalue weighted by Crippen LogP contribution is -2.46. The molecule has 27 heavy (non-hydrogen) atoms. The largest absolute Gasteiger partial charge is 0.416 e. The second kappa shape index (κ2) is 7.42. The van der Waals surface area contributed by atoms with Crippen LogP contribution >= 0.6 is 0 Å². The van der Waals surface area contributed by atoms with Crippen molar-refractivity contribution in [3.05, 3.63) is 70.8 Å². The molecule has 0 saturated carbocycles. The van der Waals surface area contributed by atoms with Crippen molar-refractivity contribution in [3.63, 3.8) is 0 Å². The molecule has 1 aliphatic rings. The maximum Gasteiger partial charge on any atom is 0.416 e. The van der Waals surface area contributed by atoms with Crippen molar-refractivity contribution in [2.45, 2.75) is 32.1 Å². The molecule has 142 valence electrons. The lowest BCUT2D eigenvalue weighted by atomic mass is 9.92. The molecule has 1 aliphatic heterocycles. The monoisotopic (exact) mass is 376 g/mol. The summed E-state index contributed by atoms with van der Waals surface area (Å²) in [5.74, 6) is -0.626. The molecule has 0 unspecified atom stereocenters. The summed E-state index contributed by atoms with van der Waals surface area (Å²) in [6, 6.07) is 11.4. The molecule has 0 spiro atoms. The molecule has 3 rings (SSSR count). The number of nitrogens with one attached hydrogen (secondary N) is 1. The molecule has 0 saturated heterocycles. The highest BCUT2D eigenvalue weighted by molar-refractivity contribution is 5.88. The second-order valence-corrected chi connectivity index (χ2v) is 6.48. The first-order chi connectivity index (χ1) is 12.8. The molecule has 2 amide bonds. The van der Waals surface area contributed by atoms with Crippen molar-refractivity contribution < 1.29 is 22.8 Å². The van der Waals surface area contributed by atoms with Gasteiger partial charge in [0.2, 0.25) is 11.8 Å². The van der Waals surface area contributed by atoms with Gasteiger partial charge in [-0.05, 0) is 35.2 Å². The number of benzene rings is 2. The Balaban J connectivity index is 1.79. The van der Waals surface area contributed by atoms with Crippen LogP contribution in [0.15, 0.2) is 48.5 Å². The van der Waals surface area contributed by atoms with E-state index in [9.17, 15) is 22.8 Å². The fourth-order valence-corrected chi connectivity index (χ4v) is 3.33. The minimum Gasteiger partial charge on any atom is -0.350 e.